The van der Waals surface area contributed by atoms with Crippen LogP contribution in [-0.2, 0) is 20.8 Å². The fourth-order valence-corrected chi connectivity index (χ4v) is 1.94. The summed E-state index contributed by atoms with van der Waals surface area (Å²) in [6.45, 7) is 0. The third-order valence-electron chi connectivity index (χ3n) is 2.12. The maximum Gasteiger partial charge on any atom is 0.417 e. The number of rotatable bonds is 3. The second-order valence-electron chi connectivity index (χ2n) is 3.99. The van der Waals surface area contributed by atoms with Crippen molar-refractivity contribution < 1.29 is 26.4 Å². The minimum Gasteiger partial charge on any atom is -0.325 e. The van der Waals surface area contributed by atoms with Gasteiger partial charge in [0.2, 0.25) is 5.91 Å². The molecule has 0 aliphatic rings. The minimum atomic E-state index is -4.75. The van der Waals surface area contributed by atoms with Crippen LogP contribution in [0.3, 0.4) is 0 Å². The number of carbonyl (C=O) groups is 1. The normalized spacial score (nSPS) is 11.8. The summed E-state index contributed by atoms with van der Waals surface area (Å²) in [4.78, 5) is 11.3. The summed E-state index contributed by atoms with van der Waals surface area (Å²) >= 11 is 0. The first-order chi connectivity index (χ1) is 9.03. The van der Waals surface area contributed by atoms with Gasteiger partial charge in [0.15, 0.2) is 9.84 Å². The van der Waals surface area contributed by atoms with Crippen LogP contribution in [0.4, 0.5) is 18.9 Å². The zero-order valence-corrected chi connectivity index (χ0v) is 11.0. The van der Waals surface area contributed by atoms with Crippen LogP contribution in [0.15, 0.2) is 18.2 Å². The van der Waals surface area contributed by atoms with Crippen molar-refractivity contribution in [3.8, 4) is 6.07 Å². The number of alkyl halides is 3. The SMILES string of the molecule is CS(=O)(=O)CC(=O)Nc1ccc(C#N)c(C(F)(F)F)c1. The lowest BCUT2D eigenvalue weighted by atomic mass is 10.1. The predicted molar refractivity (Wildman–Crippen MR) is 64.5 cm³/mol. The Morgan fingerprint density at radius 2 is 2.00 bits per heavy atom. The van der Waals surface area contributed by atoms with Crippen LogP contribution in [0.1, 0.15) is 11.1 Å². The first kappa shape index (κ1) is 16.0. The Morgan fingerprint density at radius 3 is 2.45 bits per heavy atom. The number of nitrogens with zero attached hydrogens (tertiary/aromatic N) is 1. The molecule has 0 aliphatic carbocycles. The lowest BCUT2D eigenvalue weighted by molar-refractivity contribution is -0.137. The van der Waals surface area contributed by atoms with E-state index < -0.39 is 38.8 Å². The highest BCUT2D eigenvalue weighted by Gasteiger charge is 2.34. The monoisotopic (exact) mass is 306 g/mol. The van der Waals surface area contributed by atoms with Crippen LogP contribution in [0.25, 0.3) is 0 Å². The molecule has 108 valence electrons. The molecule has 0 aliphatic heterocycles. The number of nitrogens with one attached hydrogen (secondary N) is 1. The molecule has 9 heteroatoms. The van der Waals surface area contributed by atoms with Crippen molar-refractivity contribution in [2.24, 2.45) is 0 Å². The molecule has 1 N–H and O–H groups in total. The van der Waals surface area contributed by atoms with Gasteiger partial charge in [-0.15, -0.1) is 0 Å². The van der Waals surface area contributed by atoms with Gasteiger partial charge in [0.25, 0.3) is 0 Å². The molecule has 5 nitrogen and oxygen atoms in total. The van der Waals surface area contributed by atoms with E-state index >= 15 is 0 Å². The molecule has 1 aromatic rings. The van der Waals surface area contributed by atoms with E-state index in [-0.39, 0.29) is 5.69 Å². The van der Waals surface area contributed by atoms with E-state index in [2.05, 4.69) is 0 Å². The second kappa shape index (κ2) is 5.50. The summed E-state index contributed by atoms with van der Waals surface area (Å²) in [6.07, 6.45) is -3.92. The Morgan fingerprint density at radius 1 is 1.40 bits per heavy atom. The van der Waals surface area contributed by atoms with Crippen LogP contribution < -0.4 is 5.32 Å². The van der Waals surface area contributed by atoms with Gasteiger partial charge in [-0.25, -0.2) is 8.42 Å². The molecule has 0 saturated heterocycles. The van der Waals surface area contributed by atoms with Crippen LogP contribution in [0, 0.1) is 11.3 Å². The highest BCUT2D eigenvalue weighted by atomic mass is 32.2. The number of amides is 1. The molecule has 0 spiro atoms. The van der Waals surface area contributed by atoms with Crippen molar-refractivity contribution in [2.45, 2.75) is 6.18 Å². The van der Waals surface area contributed by atoms with E-state index in [4.69, 9.17) is 5.26 Å². The average Bonchev–Trinajstić information content (AvgIpc) is 2.25. The summed E-state index contributed by atoms with van der Waals surface area (Å²) < 4.78 is 59.7. The van der Waals surface area contributed by atoms with E-state index in [1.54, 1.807) is 0 Å². The van der Waals surface area contributed by atoms with Gasteiger partial charge in [-0.2, -0.15) is 18.4 Å². The standard InChI is InChI=1S/C11H9F3N2O3S/c1-20(18,19)6-10(17)16-8-3-2-7(5-15)9(4-8)11(12,13)14/h2-4H,6H2,1H3,(H,16,17). The summed E-state index contributed by atoms with van der Waals surface area (Å²) in [7, 11) is -3.58. The molecule has 0 saturated carbocycles. The predicted octanol–water partition coefficient (Wildman–Crippen LogP) is 1.56. The second-order valence-corrected chi connectivity index (χ2v) is 6.13. The van der Waals surface area contributed by atoms with Crippen molar-refractivity contribution in [1.82, 2.24) is 0 Å². The highest BCUT2D eigenvalue weighted by molar-refractivity contribution is 7.91. The first-order valence-corrected chi connectivity index (χ1v) is 7.18. The van der Waals surface area contributed by atoms with Gasteiger partial charge < -0.3 is 5.32 Å². The van der Waals surface area contributed by atoms with Gasteiger partial charge in [0.1, 0.15) is 5.75 Å². The number of anilines is 1. The van der Waals surface area contributed by atoms with Crippen LogP contribution in [0.5, 0.6) is 0 Å². The van der Waals surface area contributed by atoms with Gasteiger partial charge in [-0.1, -0.05) is 0 Å². The first-order valence-electron chi connectivity index (χ1n) is 5.12. The quantitative estimate of drug-likeness (QED) is 0.918. The summed E-state index contributed by atoms with van der Waals surface area (Å²) in [5.41, 5.74) is -2.01. The van der Waals surface area contributed by atoms with E-state index in [1.807, 2.05) is 5.32 Å². The van der Waals surface area contributed by atoms with Crippen LogP contribution >= 0.6 is 0 Å². The van der Waals surface area contributed by atoms with Gasteiger partial charge in [-0.3, -0.25) is 4.79 Å². The Kier molecular flexibility index (Phi) is 4.39. The Hall–Kier alpha value is -2.08. The summed E-state index contributed by atoms with van der Waals surface area (Å²) in [6, 6.07) is 3.97. The van der Waals surface area contributed by atoms with E-state index in [0.717, 1.165) is 18.4 Å². The fraction of sp³-hybridized carbons (Fsp3) is 0.273. The topological polar surface area (TPSA) is 87.0 Å². The molecule has 0 unspecified atom stereocenters. The minimum absolute atomic E-state index is 0.232. The van der Waals surface area contributed by atoms with Crippen LogP contribution in [-0.4, -0.2) is 26.3 Å². The van der Waals surface area contributed by atoms with E-state index in [9.17, 15) is 26.4 Å². The van der Waals surface area contributed by atoms with Crippen molar-refractivity contribution in [2.75, 3.05) is 17.3 Å². The number of benzene rings is 1. The number of sulfone groups is 1. The molecule has 20 heavy (non-hydrogen) atoms. The molecule has 0 bridgehead atoms. The molecular formula is C11H9F3N2O3S. The number of hydrogen-bond donors (Lipinski definition) is 1. The molecule has 0 heterocycles. The van der Waals surface area contributed by atoms with Crippen molar-refractivity contribution in [1.29, 1.82) is 5.26 Å². The molecule has 1 rings (SSSR count). The van der Waals surface area contributed by atoms with Gasteiger partial charge in [0, 0.05) is 11.9 Å². The number of carbonyl (C=O) groups excluding carboxylic acids is 1. The lowest BCUT2D eigenvalue weighted by Crippen LogP contribution is -2.22. The fourth-order valence-electron chi connectivity index (χ4n) is 1.39. The number of hydrogen-bond acceptors (Lipinski definition) is 4. The third-order valence-corrected chi connectivity index (χ3v) is 2.91. The molecular weight excluding hydrogens is 297 g/mol. The number of nitriles is 1. The van der Waals surface area contributed by atoms with Crippen molar-refractivity contribution in [3.63, 3.8) is 0 Å². The van der Waals surface area contributed by atoms with Crippen molar-refractivity contribution >= 4 is 21.4 Å². The Balaban J connectivity index is 3.05. The highest BCUT2D eigenvalue weighted by Crippen LogP contribution is 2.33. The van der Waals surface area contributed by atoms with Crippen LogP contribution in [0.2, 0.25) is 0 Å². The molecule has 1 amide bonds. The van der Waals surface area contributed by atoms with E-state index in [0.29, 0.717) is 6.07 Å². The molecule has 0 atom stereocenters. The smallest absolute Gasteiger partial charge is 0.325 e. The van der Waals surface area contributed by atoms with E-state index in [1.165, 1.54) is 6.07 Å². The largest absolute Gasteiger partial charge is 0.417 e. The Labute approximate surface area is 112 Å². The molecule has 1 aromatic carbocycles. The summed E-state index contributed by atoms with van der Waals surface area (Å²) in [5, 5.41) is 10.6. The zero-order valence-electron chi connectivity index (χ0n) is 10.2. The van der Waals surface area contributed by atoms with Gasteiger partial charge in [0.05, 0.1) is 17.2 Å². The third kappa shape index (κ3) is 4.55. The maximum atomic E-state index is 12.7. The van der Waals surface area contributed by atoms with Gasteiger partial charge in [-0.05, 0) is 18.2 Å². The average molecular weight is 306 g/mol. The van der Waals surface area contributed by atoms with Crippen molar-refractivity contribution in [3.05, 3.63) is 29.3 Å². The molecule has 0 aromatic heterocycles. The maximum absolute atomic E-state index is 12.7. The molecule has 0 fully saturated rings. The summed E-state index contributed by atoms with van der Waals surface area (Å²) in [5.74, 6) is -1.79. The lowest BCUT2D eigenvalue weighted by Gasteiger charge is -2.11. The zero-order chi connectivity index (χ0) is 15.6. The molecule has 0 radical (unpaired) electrons. The van der Waals surface area contributed by atoms with Gasteiger partial charge >= 0.3 is 6.18 Å². The Bertz CT molecular complexity index is 675. The number of halogens is 3.